The van der Waals surface area contributed by atoms with Gasteiger partial charge in [-0.05, 0) is 93.2 Å². The number of hydrogen-bond donors (Lipinski definition) is 2. The van der Waals surface area contributed by atoms with Crippen LogP contribution >= 0.6 is 0 Å². The van der Waals surface area contributed by atoms with E-state index in [0.29, 0.717) is 26.1 Å². The van der Waals surface area contributed by atoms with Gasteiger partial charge in [-0.1, -0.05) is 66.7 Å². The summed E-state index contributed by atoms with van der Waals surface area (Å²) in [5, 5.41) is 15.1. The van der Waals surface area contributed by atoms with E-state index in [-0.39, 0.29) is 24.5 Å². The van der Waals surface area contributed by atoms with Gasteiger partial charge in [-0.3, -0.25) is 24.4 Å². The second-order valence-corrected chi connectivity index (χ2v) is 14.4. The highest BCUT2D eigenvalue weighted by Gasteiger charge is 2.34. The van der Waals surface area contributed by atoms with Gasteiger partial charge in [0.05, 0.1) is 12.1 Å². The van der Waals surface area contributed by atoms with Crippen molar-refractivity contribution in [2.75, 3.05) is 52.4 Å². The molecule has 2 atom stereocenters. The van der Waals surface area contributed by atoms with Crippen molar-refractivity contribution in [2.45, 2.75) is 76.0 Å². The molecule has 9 heteroatoms. The fraction of sp³-hybridized carbons (Fsp3) is 0.465. The topological polar surface area (TPSA) is 98.2 Å². The number of piperazine rings is 1. The van der Waals surface area contributed by atoms with Crippen molar-refractivity contribution in [2.24, 2.45) is 0 Å². The minimum atomic E-state index is -0.631. The minimum absolute atomic E-state index is 0.00161. The first-order valence-corrected chi connectivity index (χ1v) is 19.3. The van der Waals surface area contributed by atoms with Gasteiger partial charge in [-0.2, -0.15) is 0 Å². The lowest BCUT2D eigenvalue weighted by Crippen LogP contribution is -2.57. The number of aromatic nitrogens is 1. The maximum Gasteiger partial charge on any atom is 0.243 e. The Bertz CT molecular complexity index is 1630. The van der Waals surface area contributed by atoms with Crippen LogP contribution < -0.4 is 10.1 Å². The third-order valence-electron chi connectivity index (χ3n) is 10.5. The lowest BCUT2D eigenvalue weighted by atomic mass is 9.97. The van der Waals surface area contributed by atoms with Crippen molar-refractivity contribution in [1.29, 1.82) is 0 Å². The van der Waals surface area contributed by atoms with Gasteiger partial charge in [0.25, 0.3) is 0 Å². The molecule has 2 aliphatic rings. The fourth-order valence-corrected chi connectivity index (χ4v) is 7.63. The fourth-order valence-electron chi connectivity index (χ4n) is 7.63. The first-order valence-electron chi connectivity index (χ1n) is 19.3. The Kier molecular flexibility index (Phi) is 14.0. The molecule has 9 nitrogen and oxygen atoms in total. The van der Waals surface area contributed by atoms with Crippen LogP contribution in [0.3, 0.4) is 0 Å². The van der Waals surface area contributed by atoms with E-state index in [4.69, 9.17) is 4.74 Å². The number of aliphatic hydroxyl groups excluding tert-OH is 1. The summed E-state index contributed by atoms with van der Waals surface area (Å²) in [6.07, 6.45) is 9.55. The molecule has 2 N–H and O–H groups in total. The van der Waals surface area contributed by atoms with Crippen molar-refractivity contribution in [3.05, 3.63) is 108 Å². The molecule has 3 aromatic carbocycles. The van der Waals surface area contributed by atoms with Crippen LogP contribution in [0.15, 0.2) is 97.2 Å². The zero-order valence-electron chi connectivity index (χ0n) is 30.5. The van der Waals surface area contributed by atoms with Crippen molar-refractivity contribution in [3.63, 3.8) is 0 Å². The molecule has 2 saturated heterocycles. The molecule has 4 aromatic rings. The number of carbonyl (C=O) groups excluding carboxylic acids is 2. The van der Waals surface area contributed by atoms with Gasteiger partial charge < -0.3 is 20.1 Å². The summed E-state index contributed by atoms with van der Waals surface area (Å²) in [6, 6.07) is 30.4. The van der Waals surface area contributed by atoms with E-state index < -0.39 is 12.1 Å². The van der Waals surface area contributed by atoms with Crippen molar-refractivity contribution < 1.29 is 19.4 Å². The van der Waals surface area contributed by atoms with E-state index in [2.05, 4.69) is 68.6 Å². The number of nitrogens with zero attached hydrogens (tertiary/aromatic N) is 4. The molecule has 52 heavy (non-hydrogen) atoms. The smallest absolute Gasteiger partial charge is 0.243 e. The molecule has 0 radical (unpaired) electrons. The minimum Gasteiger partial charge on any atom is -0.490 e. The number of β-amino-alcohol motifs (C(OH)–C–C–N with tert-alkyl or cyclic N) is 1. The summed E-state index contributed by atoms with van der Waals surface area (Å²) in [5.74, 6) is 0.758. The van der Waals surface area contributed by atoms with Gasteiger partial charge in [0.2, 0.25) is 11.8 Å². The van der Waals surface area contributed by atoms with E-state index in [1.165, 1.54) is 11.1 Å². The number of pyridine rings is 1. The number of amides is 2. The van der Waals surface area contributed by atoms with E-state index in [1.54, 1.807) is 6.20 Å². The van der Waals surface area contributed by atoms with E-state index in [9.17, 15) is 14.7 Å². The van der Waals surface area contributed by atoms with Crippen LogP contribution in [0.4, 0.5) is 0 Å². The Labute approximate surface area is 309 Å². The lowest BCUT2D eigenvalue weighted by molar-refractivity contribution is -0.143. The van der Waals surface area contributed by atoms with Crippen LogP contribution in [-0.4, -0.2) is 107 Å². The van der Waals surface area contributed by atoms with Crippen molar-refractivity contribution in [1.82, 2.24) is 25.0 Å². The van der Waals surface area contributed by atoms with Crippen LogP contribution in [0.1, 0.15) is 56.1 Å². The second kappa shape index (κ2) is 19.5. The number of fused-ring (bicyclic) bond motifs is 1. The van der Waals surface area contributed by atoms with E-state index in [0.717, 1.165) is 94.2 Å². The number of benzene rings is 3. The monoisotopic (exact) mass is 705 g/mol. The van der Waals surface area contributed by atoms with E-state index in [1.807, 2.05) is 47.4 Å². The van der Waals surface area contributed by atoms with Gasteiger partial charge >= 0.3 is 0 Å². The molecule has 2 aliphatic heterocycles. The predicted octanol–water partition coefficient (Wildman–Crippen LogP) is 5.50. The molecule has 2 fully saturated rings. The van der Waals surface area contributed by atoms with Crippen LogP contribution in [0.5, 0.6) is 5.75 Å². The van der Waals surface area contributed by atoms with Gasteiger partial charge in [0, 0.05) is 56.9 Å². The molecule has 6 rings (SSSR count). The number of aliphatic hydroxyl groups is 1. The van der Waals surface area contributed by atoms with E-state index >= 15 is 0 Å². The number of piperidine rings is 1. The number of nitrogens with one attached hydrogen (secondary N) is 1. The molecule has 0 aliphatic carbocycles. The molecule has 276 valence electrons. The Morgan fingerprint density at radius 2 is 1.46 bits per heavy atom. The van der Waals surface area contributed by atoms with Crippen LogP contribution in [-0.2, 0) is 22.4 Å². The molecule has 3 heterocycles. The van der Waals surface area contributed by atoms with Gasteiger partial charge in [-0.25, -0.2) is 0 Å². The molecular weight excluding hydrogens is 651 g/mol. The first-order chi connectivity index (χ1) is 25.5. The highest BCUT2D eigenvalue weighted by molar-refractivity contribution is 5.89. The Hall–Kier alpha value is -4.31. The summed E-state index contributed by atoms with van der Waals surface area (Å²) in [6.45, 7) is 4.66. The Morgan fingerprint density at radius 3 is 2.15 bits per heavy atom. The molecule has 0 saturated carbocycles. The summed E-state index contributed by atoms with van der Waals surface area (Å²) >= 11 is 0. The Balaban J connectivity index is 0.959. The molecule has 1 unspecified atom stereocenters. The standard InChI is InChI=1S/C43H55N5O4/c49-37(33-52-41-24-11-22-39-38(41)21-12-25-44-39)31-46-27-29-47(30-28-46)32-42(50)48-26-8-7-23-40(48)43(51)45-36(19-9-17-34-13-3-1-4-14-34)20-10-18-35-15-5-2-6-16-35/h1-6,11-16,21-22,24-25,36-37,40,49H,7-10,17-20,23,26-33H2,(H,45,51)/t37-,40?/m1/s1. The molecule has 0 bridgehead atoms. The average molecular weight is 706 g/mol. The van der Waals surface area contributed by atoms with Gasteiger partial charge in [-0.15, -0.1) is 0 Å². The number of hydrogen-bond acceptors (Lipinski definition) is 7. The summed E-state index contributed by atoms with van der Waals surface area (Å²) in [4.78, 5) is 38.2. The highest BCUT2D eigenvalue weighted by Crippen LogP contribution is 2.24. The SMILES string of the molecule is O=C(NC(CCCc1ccccc1)CCCc1ccccc1)C1CCCCN1C(=O)CN1CCN(C[C@@H](O)COc2cccc3ncccc23)CC1. The summed E-state index contributed by atoms with van der Waals surface area (Å²) < 4.78 is 5.98. The largest absolute Gasteiger partial charge is 0.490 e. The number of rotatable bonds is 17. The third-order valence-corrected chi connectivity index (χ3v) is 10.5. The van der Waals surface area contributed by atoms with Crippen molar-refractivity contribution in [3.8, 4) is 5.75 Å². The van der Waals surface area contributed by atoms with Gasteiger partial charge in [0.15, 0.2) is 0 Å². The summed E-state index contributed by atoms with van der Waals surface area (Å²) in [7, 11) is 0. The van der Waals surface area contributed by atoms with Crippen LogP contribution in [0.2, 0.25) is 0 Å². The summed E-state index contributed by atoms with van der Waals surface area (Å²) in [5.41, 5.74) is 3.51. The second-order valence-electron chi connectivity index (χ2n) is 14.4. The zero-order chi connectivity index (χ0) is 36.0. The number of aryl methyl sites for hydroxylation is 2. The number of likely N-dealkylation sites (tertiary alicyclic amines) is 1. The Morgan fingerprint density at radius 1 is 0.788 bits per heavy atom. The highest BCUT2D eigenvalue weighted by atomic mass is 16.5. The third kappa shape index (κ3) is 11.1. The maximum absolute atomic E-state index is 13.9. The normalized spacial score (nSPS) is 17.7. The predicted molar refractivity (Wildman–Crippen MR) is 206 cm³/mol. The van der Waals surface area contributed by atoms with Crippen LogP contribution in [0, 0.1) is 0 Å². The van der Waals surface area contributed by atoms with Crippen LogP contribution in [0.25, 0.3) is 10.9 Å². The first kappa shape index (κ1) is 37.4. The lowest BCUT2D eigenvalue weighted by Gasteiger charge is -2.39. The van der Waals surface area contributed by atoms with Gasteiger partial charge in [0.1, 0.15) is 24.5 Å². The maximum atomic E-state index is 13.9. The zero-order valence-corrected chi connectivity index (χ0v) is 30.5. The number of ether oxygens (including phenoxy) is 1. The number of carbonyl (C=O) groups is 2. The molecule has 1 aromatic heterocycles. The molecular formula is C43H55N5O4. The van der Waals surface area contributed by atoms with Crippen molar-refractivity contribution >= 4 is 22.7 Å². The average Bonchev–Trinajstić information content (AvgIpc) is 3.18. The quantitative estimate of drug-likeness (QED) is 0.150. The molecule has 0 spiro atoms. The molecule has 2 amide bonds.